The van der Waals surface area contributed by atoms with Crippen LogP contribution >= 0.6 is 15.9 Å². The first-order chi connectivity index (χ1) is 7.56. The molecule has 1 rings (SSSR count). The van der Waals surface area contributed by atoms with Crippen molar-refractivity contribution in [2.75, 3.05) is 18.9 Å². The zero-order valence-electron chi connectivity index (χ0n) is 9.46. The molecule has 88 valence electrons. The maximum absolute atomic E-state index is 13.3. The van der Waals surface area contributed by atoms with Crippen LogP contribution in [0.25, 0.3) is 0 Å². The van der Waals surface area contributed by atoms with Crippen molar-refractivity contribution in [3.05, 3.63) is 35.1 Å². The first-order valence-electron chi connectivity index (χ1n) is 5.14. The average molecular weight is 288 g/mol. The molecule has 0 bridgehead atoms. The van der Waals surface area contributed by atoms with Crippen molar-refractivity contribution in [2.45, 2.75) is 13.3 Å². The molecule has 0 N–H and O–H groups in total. The zero-order valence-corrected chi connectivity index (χ0v) is 11.1. The van der Waals surface area contributed by atoms with Crippen LogP contribution < -0.4 is 0 Å². The summed E-state index contributed by atoms with van der Waals surface area (Å²) in [7, 11) is 1.72. The Morgan fingerprint density at radius 1 is 1.50 bits per heavy atom. The van der Waals surface area contributed by atoms with Gasteiger partial charge in [-0.2, -0.15) is 0 Å². The van der Waals surface area contributed by atoms with Crippen LogP contribution in [0.3, 0.4) is 0 Å². The fraction of sp³-hybridized carbons (Fsp3) is 0.417. The third kappa shape index (κ3) is 3.30. The van der Waals surface area contributed by atoms with Crippen LogP contribution in [-0.2, 0) is 0 Å². The van der Waals surface area contributed by atoms with Gasteiger partial charge in [0.05, 0.1) is 0 Å². The van der Waals surface area contributed by atoms with E-state index in [0.717, 1.165) is 11.8 Å². The van der Waals surface area contributed by atoms with Gasteiger partial charge in [-0.05, 0) is 31.0 Å². The fourth-order valence-electron chi connectivity index (χ4n) is 1.34. The molecule has 1 aromatic rings. The van der Waals surface area contributed by atoms with E-state index in [2.05, 4.69) is 15.9 Å². The van der Waals surface area contributed by atoms with Gasteiger partial charge in [0.15, 0.2) is 0 Å². The summed E-state index contributed by atoms with van der Waals surface area (Å²) in [5.74, 6) is -0.473. The lowest BCUT2D eigenvalue weighted by Crippen LogP contribution is -2.28. The highest BCUT2D eigenvalue weighted by atomic mass is 79.9. The summed E-state index contributed by atoms with van der Waals surface area (Å²) in [5.41, 5.74) is 0.958. The Morgan fingerprint density at radius 2 is 2.19 bits per heavy atom. The Morgan fingerprint density at radius 3 is 2.75 bits per heavy atom. The number of hydrogen-bond donors (Lipinski definition) is 0. The van der Waals surface area contributed by atoms with E-state index in [1.807, 2.05) is 0 Å². The molecule has 0 atom stereocenters. The van der Waals surface area contributed by atoms with Crippen LogP contribution in [0.1, 0.15) is 22.3 Å². The van der Waals surface area contributed by atoms with Crippen LogP contribution in [0.2, 0.25) is 0 Å². The van der Waals surface area contributed by atoms with Gasteiger partial charge < -0.3 is 4.90 Å². The standard InChI is InChI=1S/C12H15BrFNO/c1-9-4-5-10(8-11(9)14)12(16)15(2)7-3-6-13/h4-5,8H,3,6-7H2,1-2H3. The number of alkyl halides is 1. The van der Waals surface area contributed by atoms with Crippen LogP contribution in [0, 0.1) is 12.7 Å². The predicted molar refractivity (Wildman–Crippen MR) is 66.5 cm³/mol. The van der Waals surface area contributed by atoms with Gasteiger partial charge in [0.1, 0.15) is 5.82 Å². The van der Waals surface area contributed by atoms with E-state index in [1.54, 1.807) is 31.0 Å². The summed E-state index contributed by atoms with van der Waals surface area (Å²) in [6.07, 6.45) is 0.885. The number of benzene rings is 1. The summed E-state index contributed by atoms with van der Waals surface area (Å²) >= 11 is 3.31. The number of carbonyl (C=O) groups is 1. The van der Waals surface area contributed by atoms with Crippen LogP contribution in [-0.4, -0.2) is 29.7 Å². The number of rotatable bonds is 4. The van der Waals surface area contributed by atoms with Gasteiger partial charge >= 0.3 is 0 Å². The number of amides is 1. The van der Waals surface area contributed by atoms with Gasteiger partial charge in [-0.1, -0.05) is 22.0 Å². The molecule has 2 nitrogen and oxygen atoms in total. The highest BCUT2D eigenvalue weighted by Crippen LogP contribution is 2.11. The van der Waals surface area contributed by atoms with Crippen LogP contribution in [0.15, 0.2) is 18.2 Å². The van der Waals surface area contributed by atoms with Gasteiger partial charge in [0.2, 0.25) is 0 Å². The maximum Gasteiger partial charge on any atom is 0.253 e. The first kappa shape index (κ1) is 13.2. The van der Waals surface area contributed by atoms with E-state index >= 15 is 0 Å². The van der Waals surface area contributed by atoms with Crippen molar-refractivity contribution in [2.24, 2.45) is 0 Å². The minimum atomic E-state index is -0.334. The summed E-state index contributed by atoms with van der Waals surface area (Å²) in [6, 6.07) is 4.58. The summed E-state index contributed by atoms with van der Waals surface area (Å²) in [5, 5.41) is 0.854. The third-order valence-corrected chi connectivity index (χ3v) is 2.95. The number of halogens is 2. The minimum absolute atomic E-state index is 0.139. The van der Waals surface area contributed by atoms with Gasteiger partial charge in [-0.15, -0.1) is 0 Å². The largest absolute Gasteiger partial charge is 0.342 e. The molecule has 0 aromatic heterocycles. The molecule has 0 radical (unpaired) electrons. The van der Waals surface area contributed by atoms with Crippen molar-refractivity contribution in [3.63, 3.8) is 0 Å². The van der Waals surface area contributed by atoms with Crippen LogP contribution in [0.5, 0.6) is 0 Å². The van der Waals surface area contributed by atoms with E-state index < -0.39 is 0 Å². The number of hydrogen-bond acceptors (Lipinski definition) is 1. The quantitative estimate of drug-likeness (QED) is 0.780. The molecular weight excluding hydrogens is 273 g/mol. The molecule has 1 amide bonds. The molecule has 0 unspecified atom stereocenters. The van der Waals surface area contributed by atoms with Crippen molar-refractivity contribution < 1.29 is 9.18 Å². The van der Waals surface area contributed by atoms with Crippen LogP contribution in [0.4, 0.5) is 4.39 Å². The van der Waals surface area contributed by atoms with E-state index in [9.17, 15) is 9.18 Å². The molecule has 0 saturated carbocycles. The van der Waals surface area contributed by atoms with Crippen molar-refractivity contribution >= 4 is 21.8 Å². The Labute approximate surface area is 104 Å². The topological polar surface area (TPSA) is 20.3 Å². The normalized spacial score (nSPS) is 10.2. The van der Waals surface area contributed by atoms with Gasteiger partial charge in [0, 0.05) is 24.5 Å². The summed E-state index contributed by atoms with van der Waals surface area (Å²) in [4.78, 5) is 13.5. The van der Waals surface area contributed by atoms with E-state index in [0.29, 0.717) is 17.7 Å². The molecule has 4 heteroatoms. The average Bonchev–Trinajstić information content (AvgIpc) is 2.28. The Kier molecular flexibility index (Phi) is 4.93. The molecule has 0 saturated heterocycles. The van der Waals surface area contributed by atoms with E-state index in [-0.39, 0.29) is 11.7 Å². The first-order valence-corrected chi connectivity index (χ1v) is 6.26. The second kappa shape index (κ2) is 5.99. The number of aryl methyl sites for hydroxylation is 1. The maximum atomic E-state index is 13.3. The number of carbonyl (C=O) groups excluding carboxylic acids is 1. The SMILES string of the molecule is Cc1ccc(C(=O)N(C)CCCBr)cc1F. The molecule has 16 heavy (non-hydrogen) atoms. The van der Waals surface area contributed by atoms with Gasteiger partial charge in [0.25, 0.3) is 5.91 Å². The zero-order chi connectivity index (χ0) is 12.1. The molecular formula is C12H15BrFNO. The third-order valence-electron chi connectivity index (χ3n) is 2.39. The summed E-state index contributed by atoms with van der Waals surface area (Å²) < 4.78 is 13.3. The lowest BCUT2D eigenvalue weighted by Gasteiger charge is -2.16. The van der Waals surface area contributed by atoms with Crippen molar-refractivity contribution in [3.8, 4) is 0 Å². The molecule has 0 heterocycles. The molecule has 0 spiro atoms. The van der Waals surface area contributed by atoms with Crippen molar-refractivity contribution in [1.82, 2.24) is 4.90 Å². The number of nitrogens with zero attached hydrogens (tertiary/aromatic N) is 1. The second-order valence-electron chi connectivity index (χ2n) is 3.73. The molecule has 0 aliphatic rings. The Balaban J connectivity index is 2.76. The Bertz CT molecular complexity index is 381. The minimum Gasteiger partial charge on any atom is -0.342 e. The highest BCUT2D eigenvalue weighted by molar-refractivity contribution is 9.09. The van der Waals surface area contributed by atoms with E-state index in [4.69, 9.17) is 0 Å². The predicted octanol–water partition coefficient (Wildman–Crippen LogP) is 2.99. The monoisotopic (exact) mass is 287 g/mol. The molecule has 0 fully saturated rings. The molecule has 1 aromatic carbocycles. The lowest BCUT2D eigenvalue weighted by molar-refractivity contribution is 0.0795. The second-order valence-corrected chi connectivity index (χ2v) is 4.53. The molecule has 0 aliphatic carbocycles. The van der Waals surface area contributed by atoms with Gasteiger partial charge in [-0.3, -0.25) is 4.79 Å². The Hall–Kier alpha value is -0.900. The lowest BCUT2D eigenvalue weighted by atomic mass is 10.1. The highest BCUT2D eigenvalue weighted by Gasteiger charge is 2.12. The fourth-order valence-corrected chi connectivity index (χ4v) is 1.60. The van der Waals surface area contributed by atoms with Crippen molar-refractivity contribution in [1.29, 1.82) is 0 Å². The molecule has 0 aliphatic heterocycles. The smallest absolute Gasteiger partial charge is 0.253 e. The van der Waals surface area contributed by atoms with E-state index in [1.165, 1.54) is 6.07 Å². The summed E-state index contributed by atoms with van der Waals surface area (Å²) in [6.45, 7) is 2.34. The van der Waals surface area contributed by atoms with Gasteiger partial charge in [-0.25, -0.2) is 4.39 Å².